The normalized spacial score (nSPS) is 10.8. The summed E-state index contributed by atoms with van der Waals surface area (Å²) in [5.74, 6) is -3.37. The number of rotatable bonds is 2. The van der Waals surface area contributed by atoms with Crippen LogP contribution < -0.4 is 5.73 Å². The summed E-state index contributed by atoms with van der Waals surface area (Å²) in [6, 6.07) is 6.34. The number of aromatic nitrogens is 3. The fraction of sp³-hybridized carbons (Fsp3) is 0. The van der Waals surface area contributed by atoms with Crippen LogP contribution in [-0.4, -0.2) is 14.8 Å². The highest BCUT2D eigenvalue weighted by molar-refractivity contribution is 5.69. The lowest BCUT2D eigenvalue weighted by molar-refractivity contribution is 0.491. The van der Waals surface area contributed by atoms with Crippen LogP contribution in [0.3, 0.4) is 0 Å². The molecule has 0 amide bonds. The Labute approximate surface area is 117 Å². The minimum Gasteiger partial charge on any atom is -0.396 e. The monoisotopic (exact) mass is 290 g/mol. The predicted octanol–water partition coefficient (Wildman–Crippen LogP) is 2.93. The van der Waals surface area contributed by atoms with Crippen molar-refractivity contribution in [2.75, 3.05) is 5.73 Å². The molecular formula is C14H9F3N4. The Hall–Kier alpha value is -2.83. The first kappa shape index (κ1) is 13.2. The van der Waals surface area contributed by atoms with Crippen molar-refractivity contribution in [2.24, 2.45) is 0 Å². The van der Waals surface area contributed by atoms with E-state index in [1.165, 1.54) is 6.20 Å². The molecule has 0 bridgehead atoms. The van der Waals surface area contributed by atoms with Gasteiger partial charge in [-0.05, 0) is 12.1 Å². The van der Waals surface area contributed by atoms with Crippen LogP contribution in [-0.2, 0) is 0 Å². The van der Waals surface area contributed by atoms with Gasteiger partial charge < -0.3 is 5.73 Å². The molecule has 0 atom stereocenters. The number of hydrogen-bond acceptors (Lipinski definition) is 3. The molecular weight excluding hydrogens is 281 g/mol. The van der Waals surface area contributed by atoms with Crippen LogP contribution in [0.2, 0.25) is 0 Å². The van der Waals surface area contributed by atoms with E-state index in [9.17, 15) is 13.2 Å². The highest BCUT2D eigenvalue weighted by atomic mass is 19.2. The van der Waals surface area contributed by atoms with E-state index in [4.69, 9.17) is 5.73 Å². The average molecular weight is 290 g/mol. The lowest BCUT2D eigenvalue weighted by atomic mass is 10.2. The Morgan fingerprint density at radius 3 is 2.48 bits per heavy atom. The van der Waals surface area contributed by atoms with E-state index in [2.05, 4.69) is 10.1 Å². The van der Waals surface area contributed by atoms with Crippen LogP contribution >= 0.6 is 0 Å². The number of anilines is 1. The lowest BCUT2D eigenvalue weighted by Gasteiger charge is -2.03. The molecule has 4 nitrogen and oxygen atoms in total. The topological polar surface area (TPSA) is 56.7 Å². The van der Waals surface area contributed by atoms with Crippen molar-refractivity contribution in [2.45, 2.75) is 0 Å². The number of hydrogen-bond donors (Lipinski definition) is 1. The Bertz CT molecular complexity index is 799. The quantitative estimate of drug-likeness (QED) is 0.738. The van der Waals surface area contributed by atoms with Crippen LogP contribution in [0.5, 0.6) is 0 Å². The van der Waals surface area contributed by atoms with Gasteiger partial charge in [0.15, 0.2) is 17.5 Å². The van der Waals surface area contributed by atoms with Crippen molar-refractivity contribution in [1.29, 1.82) is 0 Å². The van der Waals surface area contributed by atoms with Gasteiger partial charge >= 0.3 is 0 Å². The van der Waals surface area contributed by atoms with Crippen LogP contribution in [0, 0.1) is 17.5 Å². The molecule has 3 aromatic rings. The lowest BCUT2D eigenvalue weighted by Crippen LogP contribution is -2.01. The van der Waals surface area contributed by atoms with E-state index in [1.807, 2.05) is 0 Å². The second kappa shape index (κ2) is 4.93. The summed E-state index contributed by atoms with van der Waals surface area (Å²) in [4.78, 5) is 4.09. The van der Waals surface area contributed by atoms with Gasteiger partial charge in [-0.3, -0.25) is 4.98 Å². The molecule has 0 saturated carbocycles. The molecule has 2 heterocycles. The maximum absolute atomic E-state index is 13.7. The second-order valence-electron chi connectivity index (χ2n) is 4.31. The molecule has 0 aliphatic rings. The third kappa shape index (κ3) is 2.33. The number of pyridine rings is 1. The first-order chi connectivity index (χ1) is 10.1. The van der Waals surface area contributed by atoms with E-state index in [1.54, 1.807) is 24.4 Å². The Morgan fingerprint density at radius 2 is 1.76 bits per heavy atom. The van der Waals surface area contributed by atoms with E-state index < -0.39 is 17.5 Å². The van der Waals surface area contributed by atoms with E-state index >= 15 is 0 Å². The van der Waals surface area contributed by atoms with Crippen molar-refractivity contribution in [3.63, 3.8) is 0 Å². The standard InChI is InChI=1S/C14H9F3N4/c15-8-5-10(17)13(6-9(8)16)21-7-11(18)14(20-21)12-3-1-2-4-19-12/h1-7H,18H2. The third-order valence-electron chi connectivity index (χ3n) is 2.89. The van der Waals surface area contributed by atoms with Gasteiger partial charge in [-0.1, -0.05) is 6.07 Å². The Balaban J connectivity index is 2.12. The van der Waals surface area contributed by atoms with Crippen LogP contribution in [0.1, 0.15) is 0 Å². The first-order valence-electron chi connectivity index (χ1n) is 5.97. The summed E-state index contributed by atoms with van der Waals surface area (Å²) in [5, 5.41) is 4.08. The van der Waals surface area contributed by atoms with Gasteiger partial charge in [0.05, 0.1) is 17.6 Å². The molecule has 7 heteroatoms. The Kier molecular flexibility index (Phi) is 3.09. The second-order valence-corrected chi connectivity index (χ2v) is 4.31. The van der Waals surface area contributed by atoms with Gasteiger partial charge in [0.1, 0.15) is 11.4 Å². The zero-order chi connectivity index (χ0) is 15.0. The van der Waals surface area contributed by atoms with Crippen molar-refractivity contribution in [3.8, 4) is 17.1 Å². The van der Waals surface area contributed by atoms with Gasteiger partial charge in [-0.25, -0.2) is 17.9 Å². The van der Waals surface area contributed by atoms with Crippen molar-refractivity contribution in [3.05, 3.63) is 60.2 Å². The molecule has 2 aromatic heterocycles. The predicted molar refractivity (Wildman–Crippen MR) is 71.1 cm³/mol. The number of nitrogen functional groups attached to an aromatic ring is 1. The SMILES string of the molecule is Nc1cn(-c2cc(F)c(F)cc2F)nc1-c1ccccn1. The maximum atomic E-state index is 13.7. The van der Waals surface area contributed by atoms with Crippen LogP contribution in [0.15, 0.2) is 42.7 Å². The molecule has 106 valence electrons. The third-order valence-corrected chi connectivity index (χ3v) is 2.89. The molecule has 0 fully saturated rings. The van der Waals surface area contributed by atoms with Gasteiger partial charge in [0.2, 0.25) is 0 Å². The number of benzene rings is 1. The molecule has 0 saturated heterocycles. The van der Waals surface area contributed by atoms with Gasteiger partial charge in [0, 0.05) is 18.3 Å². The Morgan fingerprint density at radius 1 is 1.00 bits per heavy atom. The zero-order valence-corrected chi connectivity index (χ0v) is 10.6. The molecule has 1 aromatic carbocycles. The van der Waals surface area contributed by atoms with Gasteiger partial charge in [0.25, 0.3) is 0 Å². The van der Waals surface area contributed by atoms with E-state index in [0.717, 1.165) is 10.7 Å². The maximum Gasteiger partial charge on any atom is 0.161 e. The van der Waals surface area contributed by atoms with E-state index in [0.29, 0.717) is 17.5 Å². The minimum absolute atomic E-state index is 0.234. The summed E-state index contributed by atoms with van der Waals surface area (Å²) in [7, 11) is 0. The van der Waals surface area contributed by atoms with Crippen molar-refractivity contribution < 1.29 is 13.2 Å². The van der Waals surface area contributed by atoms with Crippen molar-refractivity contribution in [1.82, 2.24) is 14.8 Å². The smallest absolute Gasteiger partial charge is 0.161 e. The number of nitrogens with zero attached hydrogens (tertiary/aromatic N) is 3. The summed E-state index contributed by atoms with van der Waals surface area (Å²) in [6.07, 6.45) is 2.88. The average Bonchev–Trinajstić information content (AvgIpc) is 2.85. The fourth-order valence-electron chi connectivity index (χ4n) is 1.90. The first-order valence-corrected chi connectivity index (χ1v) is 5.97. The highest BCUT2D eigenvalue weighted by Gasteiger charge is 2.15. The molecule has 2 N–H and O–H groups in total. The molecule has 0 unspecified atom stereocenters. The van der Waals surface area contributed by atoms with Crippen molar-refractivity contribution >= 4 is 5.69 Å². The molecule has 0 aliphatic carbocycles. The summed E-state index contributed by atoms with van der Waals surface area (Å²) >= 11 is 0. The van der Waals surface area contributed by atoms with Gasteiger partial charge in [-0.2, -0.15) is 5.10 Å². The van der Waals surface area contributed by atoms with Crippen LogP contribution in [0.4, 0.5) is 18.9 Å². The molecule has 0 aliphatic heterocycles. The summed E-state index contributed by atoms with van der Waals surface area (Å²) < 4.78 is 41.0. The zero-order valence-electron chi connectivity index (χ0n) is 10.6. The fourth-order valence-corrected chi connectivity index (χ4v) is 1.90. The molecule has 0 radical (unpaired) electrons. The summed E-state index contributed by atoms with van der Waals surface area (Å²) in [6.45, 7) is 0. The highest BCUT2D eigenvalue weighted by Crippen LogP contribution is 2.25. The minimum atomic E-state index is -1.26. The molecule has 3 rings (SSSR count). The molecule has 21 heavy (non-hydrogen) atoms. The largest absolute Gasteiger partial charge is 0.396 e. The van der Waals surface area contributed by atoms with Crippen LogP contribution in [0.25, 0.3) is 17.1 Å². The molecule has 0 spiro atoms. The number of halogens is 3. The van der Waals surface area contributed by atoms with E-state index in [-0.39, 0.29) is 11.4 Å². The number of nitrogens with two attached hydrogens (primary N) is 1. The van der Waals surface area contributed by atoms with Gasteiger partial charge in [-0.15, -0.1) is 0 Å². The summed E-state index contributed by atoms with van der Waals surface area (Å²) in [5.41, 5.74) is 6.66.